The fourth-order valence-corrected chi connectivity index (χ4v) is 3.09. The zero-order chi connectivity index (χ0) is 15.6. The summed E-state index contributed by atoms with van der Waals surface area (Å²) < 4.78 is 48.7. The van der Waals surface area contributed by atoms with Crippen molar-refractivity contribution in [3.8, 4) is 0 Å². The van der Waals surface area contributed by atoms with E-state index in [1.165, 1.54) is 0 Å². The lowest BCUT2D eigenvalue weighted by Crippen LogP contribution is -2.37. The van der Waals surface area contributed by atoms with E-state index in [9.17, 15) is 13.2 Å². The smallest absolute Gasteiger partial charge is 0.350 e. The van der Waals surface area contributed by atoms with Crippen molar-refractivity contribution in [1.82, 2.24) is 4.90 Å². The Morgan fingerprint density at radius 2 is 1.59 bits per heavy atom. The van der Waals surface area contributed by atoms with Crippen LogP contribution in [-0.2, 0) is 22.2 Å². The number of hydrogen-bond acceptors (Lipinski definition) is 3. The second kappa shape index (κ2) is 6.56. The van der Waals surface area contributed by atoms with Crippen LogP contribution >= 0.6 is 0 Å². The van der Waals surface area contributed by atoms with Crippen molar-refractivity contribution in [3.05, 3.63) is 35.4 Å². The molecule has 22 heavy (non-hydrogen) atoms. The van der Waals surface area contributed by atoms with E-state index in [0.29, 0.717) is 25.7 Å². The lowest BCUT2D eigenvalue weighted by atomic mass is 9.96. The van der Waals surface area contributed by atoms with Crippen LogP contribution in [-0.4, -0.2) is 37.5 Å². The third-order valence-electron chi connectivity index (χ3n) is 4.35. The highest BCUT2D eigenvalue weighted by Gasteiger charge is 2.31. The molecule has 0 N–H and O–H groups in total. The number of ether oxygens (including phenoxy) is 2. The van der Waals surface area contributed by atoms with Crippen molar-refractivity contribution in [1.29, 1.82) is 0 Å². The number of nitrogens with zero attached hydrogens (tertiary/aromatic N) is 1. The van der Waals surface area contributed by atoms with Gasteiger partial charge in [-0.25, -0.2) is 0 Å². The number of halogens is 3. The maximum atomic E-state index is 12.5. The van der Waals surface area contributed by atoms with Crippen molar-refractivity contribution >= 4 is 0 Å². The fourth-order valence-electron chi connectivity index (χ4n) is 3.09. The number of benzene rings is 1. The quantitative estimate of drug-likeness (QED) is 0.854. The number of hydrogen-bond donors (Lipinski definition) is 0. The predicted octanol–water partition coefficient (Wildman–Crippen LogP) is 3.29. The monoisotopic (exact) mass is 315 g/mol. The maximum Gasteiger partial charge on any atom is 0.416 e. The molecule has 0 radical (unpaired) electrons. The third-order valence-corrected chi connectivity index (χ3v) is 4.35. The second-order valence-corrected chi connectivity index (χ2v) is 5.92. The minimum atomic E-state index is -4.27. The molecule has 1 aromatic carbocycles. The molecule has 0 atom stereocenters. The summed E-state index contributed by atoms with van der Waals surface area (Å²) >= 11 is 0. The Morgan fingerprint density at radius 1 is 1.00 bits per heavy atom. The molecule has 0 amide bonds. The summed E-state index contributed by atoms with van der Waals surface area (Å²) in [6.07, 6.45) is -2.32. The molecule has 0 saturated carbocycles. The van der Waals surface area contributed by atoms with Crippen molar-refractivity contribution in [2.75, 3.05) is 26.3 Å². The topological polar surface area (TPSA) is 21.7 Å². The Morgan fingerprint density at radius 3 is 2.14 bits per heavy atom. The van der Waals surface area contributed by atoms with Crippen molar-refractivity contribution in [3.63, 3.8) is 0 Å². The van der Waals surface area contributed by atoms with Crippen LogP contribution in [0.5, 0.6) is 0 Å². The van der Waals surface area contributed by atoms with Crippen molar-refractivity contribution in [2.24, 2.45) is 5.92 Å². The van der Waals surface area contributed by atoms with Gasteiger partial charge in [-0.2, -0.15) is 13.2 Å². The van der Waals surface area contributed by atoms with Gasteiger partial charge in [0.1, 0.15) is 0 Å². The Balaban J connectivity index is 1.50. The van der Waals surface area contributed by atoms with E-state index in [1.807, 2.05) is 0 Å². The molecule has 122 valence electrons. The highest BCUT2D eigenvalue weighted by atomic mass is 19.4. The molecule has 6 heteroatoms. The van der Waals surface area contributed by atoms with Crippen molar-refractivity contribution < 1.29 is 22.6 Å². The molecule has 3 rings (SSSR count). The summed E-state index contributed by atoms with van der Waals surface area (Å²) in [6.45, 7) is 3.90. The average molecular weight is 315 g/mol. The number of piperidine rings is 1. The van der Waals surface area contributed by atoms with Gasteiger partial charge >= 0.3 is 6.18 Å². The first-order valence-electron chi connectivity index (χ1n) is 7.64. The van der Waals surface area contributed by atoms with Gasteiger partial charge in [0.15, 0.2) is 6.29 Å². The molecule has 0 spiro atoms. The minimum absolute atomic E-state index is 0.0618. The zero-order valence-corrected chi connectivity index (χ0v) is 12.3. The summed E-state index contributed by atoms with van der Waals surface area (Å²) in [6, 6.07) is 5.45. The molecular formula is C16H20F3NO2. The largest absolute Gasteiger partial charge is 0.416 e. The number of likely N-dealkylation sites (tertiary alicyclic amines) is 1. The normalized spacial score (nSPS) is 22.3. The molecule has 0 unspecified atom stereocenters. The Kier molecular flexibility index (Phi) is 4.70. The standard InChI is InChI=1S/C16H20F3NO2/c17-16(18,19)14-3-1-12(2-4-14)11-20-7-5-13(6-8-20)15-21-9-10-22-15/h1-4,13,15H,5-11H2. The molecule has 2 aliphatic heterocycles. The van der Waals surface area contributed by atoms with Gasteiger partial charge in [0.25, 0.3) is 0 Å². The SMILES string of the molecule is FC(F)(F)c1ccc(CN2CCC(C3OCCO3)CC2)cc1. The Hall–Kier alpha value is -1.11. The van der Waals surface area contributed by atoms with Gasteiger partial charge in [0, 0.05) is 12.5 Å². The van der Waals surface area contributed by atoms with E-state index in [4.69, 9.17) is 9.47 Å². The van der Waals surface area contributed by atoms with E-state index in [0.717, 1.165) is 43.6 Å². The Bertz CT molecular complexity index is 475. The fraction of sp³-hybridized carbons (Fsp3) is 0.625. The van der Waals surface area contributed by atoms with Crippen LogP contribution < -0.4 is 0 Å². The minimum Gasteiger partial charge on any atom is -0.350 e. The van der Waals surface area contributed by atoms with Crippen LogP contribution in [0.3, 0.4) is 0 Å². The van der Waals surface area contributed by atoms with Gasteiger partial charge in [0.2, 0.25) is 0 Å². The van der Waals surface area contributed by atoms with Crippen molar-refractivity contribution in [2.45, 2.75) is 31.9 Å². The van der Waals surface area contributed by atoms with Gasteiger partial charge in [-0.15, -0.1) is 0 Å². The van der Waals surface area contributed by atoms with Gasteiger partial charge in [-0.1, -0.05) is 12.1 Å². The second-order valence-electron chi connectivity index (χ2n) is 5.92. The lowest BCUT2D eigenvalue weighted by Gasteiger charge is -2.33. The Labute approximate surface area is 128 Å². The molecule has 0 bridgehead atoms. The third kappa shape index (κ3) is 3.80. The molecule has 0 aromatic heterocycles. The van der Waals surface area contributed by atoms with Crippen LogP contribution in [0.4, 0.5) is 13.2 Å². The van der Waals surface area contributed by atoms with Crippen LogP contribution in [0.1, 0.15) is 24.0 Å². The molecule has 2 heterocycles. The molecule has 2 fully saturated rings. The van der Waals surface area contributed by atoms with E-state index >= 15 is 0 Å². The molecule has 2 aliphatic rings. The van der Waals surface area contributed by atoms with Gasteiger partial charge < -0.3 is 9.47 Å². The molecule has 0 aliphatic carbocycles. The van der Waals surface area contributed by atoms with Crippen LogP contribution in [0.15, 0.2) is 24.3 Å². The summed E-state index contributed by atoms with van der Waals surface area (Å²) in [5, 5.41) is 0. The number of rotatable bonds is 3. The zero-order valence-electron chi connectivity index (χ0n) is 12.3. The maximum absolute atomic E-state index is 12.5. The van der Waals surface area contributed by atoms with E-state index < -0.39 is 11.7 Å². The highest BCUT2D eigenvalue weighted by molar-refractivity contribution is 5.24. The van der Waals surface area contributed by atoms with E-state index in [2.05, 4.69) is 4.90 Å². The van der Waals surface area contributed by atoms with Gasteiger partial charge in [0.05, 0.1) is 18.8 Å². The number of alkyl halides is 3. The molecule has 3 nitrogen and oxygen atoms in total. The molecule has 2 saturated heterocycles. The molecule has 1 aromatic rings. The average Bonchev–Trinajstić information content (AvgIpc) is 3.02. The summed E-state index contributed by atoms with van der Waals surface area (Å²) in [5.41, 5.74) is 0.324. The van der Waals surface area contributed by atoms with E-state index in [-0.39, 0.29) is 6.29 Å². The summed E-state index contributed by atoms with van der Waals surface area (Å²) in [5.74, 6) is 0.436. The predicted molar refractivity (Wildman–Crippen MR) is 75.1 cm³/mol. The first kappa shape index (κ1) is 15.8. The van der Waals surface area contributed by atoms with Gasteiger partial charge in [-0.3, -0.25) is 4.90 Å². The highest BCUT2D eigenvalue weighted by Crippen LogP contribution is 2.30. The van der Waals surface area contributed by atoms with Crippen LogP contribution in [0.25, 0.3) is 0 Å². The molecular weight excluding hydrogens is 295 g/mol. The van der Waals surface area contributed by atoms with Gasteiger partial charge in [-0.05, 0) is 43.6 Å². The first-order valence-corrected chi connectivity index (χ1v) is 7.64. The summed E-state index contributed by atoms with van der Waals surface area (Å²) in [4.78, 5) is 2.27. The summed E-state index contributed by atoms with van der Waals surface area (Å²) in [7, 11) is 0. The lowest BCUT2D eigenvalue weighted by molar-refractivity contribution is -0.137. The van der Waals surface area contributed by atoms with E-state index in [1.54, 1.807) is 12.1 Å². The van der Waals surface area contributed by atoms with Crippen LogP contribution in [0, 0.1) is 5.92 Å². The first-order chi connectivity index (χ1) is 10.5. The van der Waals surface area contributed by atoms with Crippen LogP contribution in [0.2, 0.25) is 0 Å².